The lowest BCUT2D eigenvalue weighted by molar-refractivity contribution is -0.136. The molecule has 0 heterocycles. The van der Waals surface area contributed by atoms with E-state index < -0.39 is 5.97 Å². The first kappa shape index (κ1) is 13.7. The quantitative estimate of drug-likeness (QED) is 0.756. The van der Waals surface area contributed by atoms with Crippen molar-refractivity contribution in [3.8, 4) is 0 Å². The van der Waals surface area contributed by atoms with E-state index in [-0.39, 0.29) is 12.6 Å². The van der Waals surface area contributed by atoms with Gasteiger partial charge in [0.25, 0.3) is 0 Å². The Balaban J connectivity index is 2.76. The maximum absolute atomic E-state index is 10.6. The number of ether oxygens (including phenoxy) is 1. The highest BCUT2D eigenvalue weighted by Crippen LogP contribution is 2.15. The highest BCUT2D eigenvalue weighted by molar-refractivity contribution is 5.69. The summed E-state index contributed by atoms with van der Waals surface area (Å²) in [5, 5.41) is 11.6. The Morgan fingerprint density at radius 1 is 1.53 bits per heavy atom. The number of hydrogen-bond acceptors (Lipinski definition) is 3. The van der Waals surface area contributed by atoms with Gasteiger partial charge in [0, 0.05) is 7.11 Å². The van der Waals surface area contributed by atoms with Gasteiger partial charge in [0.05, 0.1) is 19.2 Å². The van der Waals surface area contributed by atoms with E-state index in [4.69, 9.17) is 9.84 Å². The van der Waals surface area contributed by atoms with Gasteiger partial charge in [0.15, 0.2) is 0 Å². The highest BCUT2D eigenvalue weighted by Gasteiger charge is 2.12. The summed E-state index contributed by atoms with van der Waals surface area (Å²) >= 11 is 0. The maximum atomic E-state index is 10.6. The van der Waals surface area contributed by atoms with Gasteiger partial charge in [-0.3, -0.25) is 10.1 Å². The van der Waals surface area contributed by atoms with Crippen molar-refractivity contribution in [1.82, 2.24) is 5.32 Å². The van der Waals surface area contributed by atoms with Gasteiger partial charge in [0.2, 0.25) is 0 Å². The van der Waals surface area contributed by atoms with Gasteiger partial charge < -0.3 is 9.84 Å². The van der Waals surface area contributed by atoms with Crippen molar-refractivity contribution < 1.29 is 14.6 Å². The van der Waals surface area contributed by atoms with Crippen molar-refractivity contribution in [3.63, 3.8) is 0 Å². The van der Waals surface area contributed by atoms with Gasteiger partial charge in [-0.05, 0) is 17.5 Å². The monoisotopic (exact) mass is 237 g/mol. The third kappa shape index (κ3) is 4.54. The number of benzene rings is 1. The fourth-order valence-corrected chi connectivity index (χ4v) is 1.68. The number of rotatable bonds is 7. The zero-order valence-corrected chi connectivity index (χ0v) is 10.3. The topological polar surface area (TPSA) is 58.6 Å². The van der Waals surface area contributed by atoms with E-state index in [9.17, 15) is 4.79 Å². The first-order valence-electron chi connectivity index (χ1n) is 5.70. The molecule has 0 bridgehead atoms. The molecular formula is C13H19NO3. The van der Waals surface area contributed by atoms with E-state index in [1.165, 1.54) is 5.56 Å². The minimum absolute atomic E-state index is 0.0651. The normalized spacial score (nSPS) is 12.4. The maximum Gasteiger partial charge on any atom is 0.317 e. The predicted molar refractivity (Wildman–Crippen MR) is 66.1 cm³/mol. The highest BCUT2D eigenvalue weighted by atomic mass is 16.5. The number of hydrogen-bond donors (Lipinski definition) is 2. The predicted octanol–water partition coefficient (Wildman–Crippen LogP) is 1.61. The molecule has 4 heteroatoms. The lowest BCUT2D eigenvalue weighted by Gasteiger charge is -2.18. The van der Waals surface area contributed by atoms with Crippen LogP contribution in [-0.4, -0.2) is 31.3 Å². The average molecular weight is 237 g/mol. The first-order valence-corrected chi connectivity index (χ1v) is 5.70. The number of aryl methyl sites for hydroxylation is 1. The molecule has 1 aromatic carbocycles. The largest absolute Gasteiger partial charge is 0.480 e. The molecule has 0 aromatic heterocycles. The fraction of sp³-hybridized carbons (Fsp3) is 0.462. The molecule has 0 aliphatic heterocycles. The second-order valence-electron chi connectivity index (χ2n) is 3.88. The van der Waals surface area contributed by atoms with Gasteiger partial charge in [-0.1, -0.05) is 31.2 Å². The molecule has 94 valence electrons. The van der Waals surface area contributed by atoms with Gasteiger partial charge in [-0.25, -0.2) is 0 Å². The van der Waals surface area contributed by atoms with Crippen molar-refractivity contribution >= 4 is 5.97 Å². The number of carbonyl (C=O) groups is 1. The summed E-state index contributed by atoms with van der Waals surface area (Å²) in [7, 11) is 1.61. The van der Waals surface area contributed by atoms with Crippen LogP contribution in [0.5, 0.6) is 0 Å². The van der Waals surface area contributed by atoms with Gasteiger partial charge in [-0.15, -0.1) is 0 Å². The van der Waals surface area contributed by atoms with Crippen molar-refractivity contribution in [3.05, 3.63) is 35.4 Å². The lowest BCUT2D eigenvalue weighted by atomic mass is 10.0. The molecule has 1 aromatic rings. The molecule has 1 unspecified atom stereocenters. The van der Waals surface area contributed by atoms with Crippen LogP contribution in [0.4, 0.5) is 0 Å². The second kappa shape index (κ2) is 7.04. The first-order chi connectivity index (χ1) is 8.17. The lowest BCUT2D eigenvalue weighted by Crippen LogP contribution is -2.30. The molecule has 4 nitrogen and oxygen atoms in total. The van der Waals surface area contributed by atoms with Gasteiger partial charge in [0.1, 0.15) is 0 Å². The van der Waals surface area contributed by atoms with Crippen molar-refractivity contribution in [2.45, 2.75) is 19.4 Å². The van der Waals surface area contributed by atoms with Gasteiger partial charge >= 0.3 is 5.97 Å². The number of nitrogens with one attached hydrogen (secondary N) is 1. The van der Waals surface area contributed by atoms with E-state index in [1.807, 2.05) is 12.1 Å². The Labute approximate surface area is 102 Å². The fourth-order valence-electron chi connectivity index (χ4n) is 1.68. The Morgan fingerprint density at radius 2 is 2.29 bits per heavy atom. The molecule has 1 atom stereocenters. The summed E-state index contributed by atoms with van der Waals surface area (Å²) in [5.74, 6) is -0.863. The molecule has 0 aliphatic carbocycles. The second-order valence-corrected chi connectivity index (χ2v) is 3.88. The van der Waals surface area contributed by atoms with Crippen LogP contribution in [0.1, 0.15) is 24.1 Å². The molecule has 0 saturated carbocycles. The Kier molecular flexibility index (Phi) is 5.66. The van der Waals surface area contributed by atoms with E-state index in [0.717, 1.165) is 12.0 Å². The molecule has 0 spiro atoms. The summed E-state index contributed by atoms with van der Waals surface area (Å²) < 4.78 is 5.11. The Morgan fingerprint density at radius 3 is 2.88 bits per heavy atom. The Bertz CT molecular complexity index is 365. The number of carboxylic acids is 1. The zero-order chi connectivity index (χ0) is 12.7. The number of methoxy groups -OCH3 is 1. The SMILES string of the molecule is CCc1cccc(C(COC)NCC(=O)O)c1. The summed E-state index contributed by atoms with van der Waals surface area (Å²) in [6, 6.07) is 8.03. The molecule has 0 radical (unpaired) electrons. The molecule has 0 aliphatic rings. The Hall–Kier alpha value is -1.39. The minimum Gasteiger partial charge on any atom is -0.480 e. The van der Waals surface area contributed by atoms with Crippen LogP contribution in [0, 0.1) is 0 Å². The summed E-state index contributed by atoms with van der Waals surface area (Å²) in [6.45, 7) is 2.49. The van der Waals surface area contributed by atoms with Crippen LogP contribution < -0.4 is 5.32 Å². The minimum atomic E-state index is -0.863. The van der Waals surface area contributed by atoms with Gasteiger partial charge in [-0.2, -0.15) is 0 Å². The van der Waals surface area contributed by atoms with E-state index >= 15 is 0 Å². The molecule has 0 amide bonds. The number of carboxylic acid groups (broad SMARTS) is 1. The molecule has 0 fully saturated rings. The third-order valence-corrected chi connectivity index (χ3v) is 2.59. The number of aliphatic carboxylic acids is 1. The molecule has 1 rings (SSSR count). The van der Waals surface area contributed by atoms with E-state index in [0.29, 0.717) is 6.61 Å². The van der Waals surface area contributed by atoms with Crippen LogP contribution in [0.3, 0.4) is 0 Å². The zero-order valence-electron chi connectivity index (χ0n) is 10.3. The standard InChI is InChI=1S/C13H19NO3/c1-3-10-5-4-6-11(7-10)12(9-17-2)14-8-13(15)16/h4-7,12,14H,3,8-9H2,1-2H3,(H,15,16). The van der Waals surface area contributed by atoms with Crippen LogP contribution in [0.25, 0.3) is 0 Å². The van der Waals surface area contributed by atoms with Crippen molar-refractivity contribution in [2.75, 3.05) is 20.3 Å². The molecule has 2 N–H and O–H groups in total. The van der Waals surface area contributed by atoms with E-state index in [1.54, 1.807) is 7.11 Å². The summed E-state index contributed by atoms with van der Waals surface area (Å²) in [5.41, 5.74) is 2.30. The third-order valence-electron chi connectivity index (χ3n) is 2.59. The molecule has 17 heavy (non-hydrogen) atoms. The van der Waals surface area contributed by atoms with Crippen LogP contribution in [-0.2, 0) is 16.0 Å². The van der Waals surface area contributed by atoms with Crippen molar-refractivity contribution in [2.24, 2.45) is 0 Å². The van der Waals surface area contributed by atoms with Crippen molar-refractivity contribution in [1.29, 1.82) is 0 Å². The molecule has 0 saturated heterocycles. The van der Waals surface area contributed by atoms with E-state index in [2.05, 4.69) is 24.4 Å². The summed E-state index contributed by atoms with van der Waals surface area (Å²) in [4.78, 5) is 10.6. The smallest absolute Gasteiger partial charge is 0.317 e. The average Bonchev–Trinajstić information content (AvgIpc) is 2.34. The van der Waals surface area contributed by atoms with Crippen LogP contribution in [0.15, 0.2) is 24.3 Å². The molecular weight excluding hydrogens is 218 g/mol. The summed E-state index contributed by atoms with van der Waals surface area (Å²) in [6.07, 6.45) is 0.965. The van der Waals surface area contributed by atoms with Crippen LogP contribution >= 0.6 is 0 Å². The van der Waals surface area contributed by atoms with Crippen LogP contribution in [0.2, 0.25) is 0 Å².